The molecule has 0 saturated heterocycles. The molecule has 0 aliphatic rings. The van der Waals surface area contributed by atoms with E-state index in [4.69, 9.17) is 9.47 Å². The summed E-state index contributed by atoms with van der Waals surface area (Å²) >= 11 is 0. The molecule has 0 aromatic heterocycles. The van der Waals surface area contributed by atoms with Gasteiger partial charge in [-0.15, -0.1) is 0 Å². The van der Waals surface area contributed by atoms with Crippen LogP contribution in [0, 0.1) is 0 Å². The lowest BCUT2D eigenvalue weighted by molar-refractivity contribution is 0.251. The Morgan fingerprint density at radius 2 is 1.25 bits per heavy atom. The van der Waals surface area contributed by atoms with Gasteiger partial charge in [0, 0.05) is 0 Å². The van der Waals surface area contributed by atoms with Crippen LogP contribution < -0.4 is 0 Å². The molecule has 0 atom stereocenters. The van der Waals surface area contributed by atoms with Gasteiger partial charge in [0.25, 0.3) is 0 Å². The fourth-order valence-corrected chi connectivity index (χ4v) is 0.402. The van der Waals surface area contributed by atoms with Crippen LogP contribution in [0.2, 0.25) is 0 Å². The summed E-state index contributed by atoms with van der Waals surface area (Å²) in [5, 5.41) is 0. The summed E-state index contributed by atoms with van der Waals surface area (Å²) in [7, 11) is 0. The Labute approximate surface area is 75.9 Å². The Bertz CT molecular complexity index is 77.8. The molecule has 0 unspecified atom stereocenters. The van der Waals surface area contributed by atoms with Crippen molar-refractivity contribution >= 4 is 0 Å². The van der Waals surface area contributed by atoms with Crippen molar-refractivity contribution in [1.82, 2.24) is 0 Å². The number of hydrogen-bond donors (Lipinski definition) is 0. The van der Waals surface area contributed by atoms with Gasteiger partial charge < -0.3 is 9.47 Å². The number of hydrogen-bond acceptors (Lipinski definition) is 2. The molecule has 0 saturated carbocycles. The summed E-state index contributed by atoms with van der Waals surface area (Å²) in [6.07, 6.45) is 5.05. The van der Waals surface area contributed by atoms with Crippen LogP contribution in [-0.4, -0.2) is 13.2 Å². The Morgan fingerprint density at radius 1 is 0.917 bits per heavy atom. The monoisotopic (exact) mass is 172 g/mol. The van der Waals surface area contributed by atoms with Crippen LogP contribution in [0.3, 0.4) is 0 Å². The summed E-state index contributed by atoms with van der Waals surface area (Å²) in [5.41, 5.74) is 0. The molecule has 0 aliphatic heterocycles. The van der Waals surface area contributed by atoms with E-state index >= 15 is 0 Å². The van der Waals surface area contributed by atoms with Crippen molar-refractivity contribution in [3.8, 4) is 0 Å². The zero-order valence-corrected chi connectivity index (χ0v) is 8.21. The third-order valence-corrected chi connectivity index (χ3v) is 0.880. The predicted octanol–water partition coefficient (Wildman–Crippen LogP) is 3.11. The molecule has 0 N–H and O–H groups in total. The molecule has 0 rings (SSSR count). The Morgan fingerprint density at radius 3 is 1.33 bits per heavy atom. The summed E-state index contributed by atoms with van der Waals surface area (Å²) in [4.78, 5) is 0. The predicted molar refractivity (Wildman–Crippen MR) is 52.9 cm³/mol. The average molecular weight is 172 g/mol. The van der Waals surface area contributed by atoms with Crippen LogP contribution in [0.4, 0.5) is 0 Å². The highest BCUT2D eigenvalue weighted by Gasteiger charge is 1.69. The van der Waals surface area contributed by atoms with Gasteiger partial charge in [0.2, 0.25) is 0 Å². The van der Waals surface area contributed by atoms with Crippen LogP contribution in [0.15, 0.2) is 25.7 Å². The maximum atomic E-state index is 4.75. The van der Waals surface area contributed by atoms with Gasteiger partial charge >= 0.3 is 0 Å². The highest BCUT2D eigenvalue weighted by molar-refractivity contribution is 4.47. The minimum atomic E-state index is 0.795. The van der Waals surface area contributed by atoms with E-state index in [1.807, 2.05) is 0 Å². The van der Waals surface area contributed by atoms with Gasteiger partial charge in [0.1, 0.15) is 0 Å². The Hall–Kier alpha value is -0.920. The summed E-state index contributed by atoms with van der Waals surface area (Å²) in [6.45, 7) is 12.5. The van der Waals surface area contributed by atoms with Gasteiger partial charge in [0.15, 0.2) is 0 Å². The van der Waals surface area contributed by atoms with Crippen molar-refractivity contribution in [1.29, 1.82) is 0 Å². The topological polar surface area (TPSA) is 18.5 Å². The lowest BCUT2D eigenvalue weighted by atomic mass is 10.5. The van der Waals surface area contributed by atoms with Crippen molar-refractivity contribution in [3.63, 3.8) is 0 Å². The quantitative estimate of drug-likeness (QED) is 0.452. The van der Waals surface area contributed by atoms with Crippen molar-refractivity contribution in [2.45, 2.75) is 26.7 Å². The van der Waals surface area contributed by atoms with E-state index in [-0.39, 0.29) is 0 Å². The molecule has 0 amide bonds. The van der Waals surface area contributed by atoms with Crippen LogP contribution in [0.5, 0.6) is 0 Å². The summed E-state index contributed by atoms with van der Waals surface area (Å²) in [6, 6.07) is 0. The van der Waals surface area contributed by atoms with Gasteiger partial charge in [-0.25, -0.2) is 0 Å². The molecule has 0 aromatic carbocycles. The largest absolute Gasteiger partial charge is 0.502 e. The van der Waals surface area contributed by atoms with E-state index in [0.717, 1.165) is 26.1 Å². The molecule has 2 nitrogen and oxygen atoms in total. The summed E-state index contributed by atoms with van der Waals surface area (Å²) < 4.78 is 9.49. The van der Waals surface area contributed by atoms with Crippen LogP contribution in [0.25, 0.3) is 0 Å². The second-order valence-corrected chi connectivity index (χ2v) is 2.07. The lowest BCUT2D eigenvalue weighted by Gasteiger charge is -1.90. The molecule has 0 bridgehead atoms. The number of rotatable bonds is 6. The van der Waals surface area contributed by atoms with Gasteiger partial charge in [-0.1, -0.05) is 27.0 Å². The minimum absolute atomic E-state index is 0.795. The zero-order chi connectivity index (χ0) is 9.66. The highest BCUT2D eigenvalue weighted by atomic mass is 16.5. The molecule has 0 radical (unpaired) electrons. The zero-order valence-electron chi connectivity index (χ0n) is 8.21. The fourth-order valence-electron chi connectivity index (χ4n) is 0.402. The molecule has 0 heterocycles. The third-order valence-electron chi connectivity index (χ3n) is 0.880. The molecule has 0 fully saturated rings. The first-order valence-corrected chi connectivity index (χ1v) is 4.28. The Kier molecular flexibility index (Phi) is 18.9. The van der Waals surface area contributed by atoms with E-state index in [2.05, 4.69) is 27.0 Å². The van der Waals surface area contributed by atoms with Gasteiger partial charge in [-0.05, 0) is 12.8 Å². The standard InChI is InChI=1S/2C5H10O/c2*1-3-5-6-4-2/h2*4H,2-3,5H2,1H3. The smallest absolute Gasteiger partial charge is 0.0870 e. The molecular weight excluding hydrogens is 152 g/mol. The van der Waals surface area contributed by atoms with Crippen molar-refractivity contribution in [3.05, 3.63) is 25.7 Å². The van der Waals surface area contributed by atoms with E-state index in [1.165, 1.54) is 12.5 Å². The van der Waals surface area contributed by atoms with E-state index in [1.54, 1.807) is 0 Å². The second-order valence-electron chi connectivity index (χ2n) is 2.07. The van der Waals surface area contributed by atoms with Crippen molar-refractivity contribution < 1.29 is 9.47 Å². The van der Waals surface area contributed by atoms with Crippen molar-refractivity contribution in [2.75, 3.05) is 13.2 Å². The summed E-state index contributed by atoms with van der Waals surface area (Å²) in [5.74, 6) is 0. The molecule has 12 heavy (non-hydrogen) atoms. The third kappa shape index (κ3) is 23.0. The fraction of sp³-hybridized carbons (Fsp3) is 0.600. The molecule has 0 aromatic rings. The first kappa shape index (κ1) is 13.7. The van der Waals surface area contributed by atoms with Gasteiger partial charge in [-0.2, -0.15) is 0 Å². The maximum absolute atomic E-state index is 4.75. The SMILES string of the molecule is C=COCCC.C=COCCC. The van der Waals surface area contributed by atoms with Crippen LogP contribution >= 0.6 is 0 Å². The van der Waals surface area contributed by atoms with E-state index in [9.17, 15) is 0 Å². The maximum Gasteiger partial charge on any atom is 0.0870 e. The molecule has 2 heteroatoms. The van der Waals surface area contributed by atoms with Crippen LogP contribution in [-0.2, 0) is 9.47 Å². The van der Waals surface area contributed by atoms with Gasteiger partial charge in [0.05, 0.1) is 25.7 Å². The normalized spacial score (nSPS) is 7.50. The van der Waals surface area contributed by atoms with Crippen LogP contribution in [0.1, 0.15) is 26.7 Å². The molecule has 0 spiro atoms. The van der Waals surface area contributed by atoms with Gasteiger partial charge in [-0.3, -0.25) is 0 Å². The second kappa shape index (κ2) is 16.6. The van der Waals surface area contributed by atoms with E-state index < -0.39 is 0 Å². The van der Waals surface area contributed by atoms with E-state index in [0.29, 0.717) is 0 Å². The molecule has 72 valence electrons. The molecular formula is C10H20O2. The average Bonchev–Trinajstić information content (AvgIpc) is 2.12. The van der Waals surface area contributed by atoms with Crippen molar-refractivity contribution in [2.24, 2.45) is 0 Å². The highest BCUT2D eigenvalue weighted by Crippen LogP contribution is 1.76. The molecule has 0 aliphatic carbocycles. The minimum Gasteiger partial charge on any atom is -0.502 e. The lowest BCUT2D eigenvalue weighted by Crippen LogP contribution is -1.79. The first-order valence-electron chi connectivity index (χ1n) is 4.28. The Balaban J connectivity index is 0. The number of ether oxygens (including phenoxy) is 2. The first-order chi connectivity index (χ1) is 5.83.